The van der Waals surface area contributed by atoms with Gasteiger partial charge in [-0.15, -0.1) is 0 Å². The molecule has 0 radical (unpaired) electrons. The lowest BCUT2D eigenvalue weighted by Gasteiger charge is -2.08. The summed E-state index contributed by atoms with van der Waals surface area (Å²) in [5.74, 6) is 1.70. The molecule has 6 heteroatoms. The van der Waals surface area contributed by atoms with Gasteiger partial charge >= 0.3 is 0 Å². The van der Waals surface area contributed by atoms with Gasteiger partial charge in [-0.2, -0.15) is 0 Å². The number of anilines is 2. The largest absolute Gasteiger partial charge is 0.381 e. The highest BCUT2D eigenvalue weighted by Gasteiger charge is 1.99. The Kier molecular flexibility index (Phi) is 7.12. The number of rotatable bonds is 0. The first-order valence-electron chi connectivity index (χ1n) is 7.40. The summed E-state index contributed by atoms with van der Waals surface area (Å²) in [6.45, 7) is 4.93. The summed E-state index contributed by atoms with van der Waals surface area (Å²) >= 11 is 0. The lowest BCUT2D eigenvalue weighted by Crippen LogP contribution is -2.09. The summed E-state index contributed by atoms with van der Waals surface area (Å²) in [6, 6.07) is 1.93. The normalized spacial score (nSPS) is 19.4. The third kappa shape index (κ3) is 6.16. The summed E-state index contributed by atoms with van der Waals surface area (Å²) in [4.78, 5) is 8.40. The van der Waals surface area contributed by atoms with Gasteiger partial charge in [0.25, 0.3) is 0 Å². The van der Waals surface area contributed by atoms with E-state index in [-0.39, 0.29) is 0 Å². The average Bonchev–Trinajstić information content (AvgIpc) is 2.47. The number of nitrogens with one attached hydrogen (secondary N) is 2. The van der Waals surface area contributed by atoms with Gasteiger partial charge < -0.3 is 20.1 Å². The summed E-state index contributed by atoms with van der Waals surface area (Å²) in [5.41, 5.74) is 0. The first-order chi connectivity index (χ1) is 9.95. The monoisotopic (exact) mass is 280 g/mol. The smallest absolute Gasteiger partial charge is 0.131 e. The van der Waals surface area contributed by atoms with Crippen LogP contribution >= 0.6 is 0 Å². The molecule has 20 heavy (non-hydrogen) atoms. The van der Waals surface area contributed by atoms with E-state index in [1.165, 1.54) is 0 Å². The van der Waals surface area contributed by atoms with Crippen LogP contribution in [-0.4, -0.2) is 49.5 Å². The molecule has 112 valence electrons. The number of hydrogen-bond acceptors (Lipinski definition) is 6. The average molecular weight is 280 g/mol. The van der Waals surface area contributed by atoms with Crippen molar-refractivity contribution < 1.29 is 9.47 Å². The SMILES string of the molecule is c1nc2cc(n1)NCCCOCCCCOCCCN2. The molecule has 1 aromatic rings. The van der Waals surface area contributed by atoms with Crippen LogP contribution < -0.4 is 10.6 Å². The predicted molar refractivity (Wildman–Crippen MR) is 79.1 cm³/mol. The van der Waals surface area contributed by atoms with Crippen LogP contribution in [0.15, 0.2) is 12.4 Å². The van der Waals surface area contributed by atoms with Crippen molar-refractivity contribution >= 4 is 11.6 Å². The molecular weight excluding hydrogens is 256 g/mol. The molecule has 0 saturated heterocycles. The molecule has 0 aliphatic carbocycles. The Morgan fingerprint density at radius 2 is 1.25 bits per heavy atom. The number of ether oxygens (including phenoxy) is 2. The Labute approximate surface area is 120 Å². The van der Waals surface area contributed by atoms with E-state index in [4.69, 9.17) is 9.47 Å². The molecular formula is C14H24N4O2. The van der Waals surface area contributed by atoms with E-state index in [0.717, 1.165) is 76.8 Å². The molecule has 0 spiro atoms. The van der Waals surface area contributed by atoms with Crippen molar-refractivity contribution in [3.05, 3.63) is 12.4 Å². The molecule has 2 heterocycles. The zero-order valence-electron chi connectivity index (χ0n) is 11.9. The fourth-order valence-electron chi connectivity index (χ4n) is 1.94. The lowest BCUT2D eigenvalue weighted by molar-refractivity contribution is 0.102. The molecule has 0 fully saturated rings. The van der Waals surface area contributed by atoms with Crippen molar-refractivity contribution in [3.63, 3.8) is 0 Å². The first kappa shape index (κ1) is 15.0. The first-order valence-corrected chi connectivity index (χ1v) is 7.40. The Balaban J connectivity index is 1.81. The van der Waals surface area contributed by atoms with E-state index in [2.05, 4.69) is 20.6 Å². The fourth-order valence-corrected chi connectivity index (χ4v) is 1.94. The minimum absolute atomic E-state index is 0.782. The minimum atomic E-state index is 0.782. The van der Waals surface area contributed by atoms with E-state index in [1.807, 2.05) is 6.07 Å². The van der Waals surface area contributed by atoms with E-state index < -0.39 is 0 Å². The second-order valence-electron chi connectivity index (χ2n) is 4.78. The van der Waals surface area contributed by atoms with Crippen molar-refractivity contribution in [2.75, 3.05) is 50.2 Å². The van der Waals surface area contributed by atoms with Crippen molar-refractivity contribution in [1.29, 1.82) is 0 Å². The van der Waals surface area contributed by atoms with Crippen LogP contribution in [0.25, 0.3) is 0 Å². The van der Waals surface area contributed by atoms with Crippen LogP contribution in [0.4, 0.5) is 11.6 Å². The van der Waals surface area contributed by atoms with Gasteiger partial charge in [0.15, 0.2) is 0 Å². The van der Waals surface area contributed by atoms with Gasteiger partial charge in [-0.3, -0.25) is 0 Å². The van der Waals surface area contributed by atoms with Gasteiger partial charge in [-0.1, -0.05) is 0 Å². The van der Waals surface area contributed by atoms with E-state index in [0.29, 0.717) is 0 Å². The summed E-state index contributed by atoms with van der Waals surface area (Å²) in [6.07, 6.45) is 5.66. The van der Waals surface area contributed by atoms with E-state index in [9.17, 15) is 0 Å². The van der Waals surface area contributed by atoms with E-state index >= 15 is 0 Å². The van der Waals surface area contributed by atoms with Crippen LogP contribution in [0.3, 0.4) is 0 Å². The topological polar surface area (TPSA) is 68.3 Å². The maximum absolute atomic E-state index is 5.57. The lowest BCUT2D eigenvalue weighted by atomic mass is 10.3. The standard InChI is InChI=1S/C14H24N4O2/c1-2-8-20-10-4-6-16-14-11-13(17-12-18-14)15-5-3-9-19-7-1/h11-12H,1-10H2,(H2,15,16,17,18). The van der Waals surface area contributed by atoms with Crippen LogP contribution in [0.2, 0.25) is 0 Å². The van der Waals surface area contributed by atoms with Crippen molar-refractivity contribution in [2.45, 2.75) is 25.7 Å². The quantitative estimate of drug-likeness (QED) is 0.756. The zero-order chi connectivity index (χ0) is 13.9. The third-order valence-electron chi connectivity index (χ3n) is 3.04. The van der Waals surface area contributed by atoms with Gasteiger partial charge in [-0.25, -0.2) is 9.97 Å². The van der Waals surface area contributed by atoms with Crippen molar-refractivity contribution in [2.24, 2.45) is 0 Å². The maximum Gasteiger partial charge on any atom is 0.131 e. The van der Waals surface area contributed by atoms with Gasteiger partial charge in [-0.05, 0) is 25.7 Å². The number of nitrogens with zero attached hydrogens (tertiary/aromatic N) is 2. The Morgan fingerprint density at radius 1 is 0.750 bits per heavy atom. The minimum Gasteiger partial charge on any atom is -0.381 e. The molecule has 1 aliphatic rings. The molecule has 0 saturated carbocycles. The molecule has 2 bridgehead atoms. The fraction of sp³-hybridized carbons (Fsp3) is 0.714. The number of fused-ring (bicyclic) bond motifs is 2. The molecule has 2 rings (SSSR count). The van der Waals surface area contributed by atoms with Crippen molar-refractivity contribution in [3.8, 4) is 0 Å². The highest BCUT2D eigenvalue weighted by molar-refractivity contribution is 5.46. The molecule has 0 aromatic carbocycles. The van der Waals surface area contributed by atoms with Crippen LogP contribution in [-0.2, 0) is 9.47 Å². The second kappa shape index (κ2) is 9.50. The molecule has 0 unspecified atom stereocenters. The van der Waals surface area contributed by atoms with Crippen molar-refractivity contribution in [1.82, 2.24) is 9.97 Å². The van der Waals surface area contributed by atoms with Crippen LogP contribution in [0.1, 0.15) is 25.7 Å². The van der Waals surface area contributed by atoms with Gasteiger partial charge in [0, 0.05) is 45.6 Å². The Morgan fingerprint density at radius 3 is 1.80 bits per heavy atom. The Hall–Kier alpha value is -1.40. The number of aromatic nitrogens is 2. The third-order valence-corrected chi connectivity index (χ3v) is 3.04. The molecule has 0 atom stereocenters. The van der Waals surface area contributed by atoms with Gasteiger partial charge in [0.1, 0.15) is 18.0 Å². The summed E-state index contributed by atoms with van der Waals surface area (Å²) in [5, 5.41) is 6.57. The highest BCUT2D eigenvalue weighted by atomic mass is 16.5. The van der Waals surface area contributed by atoms with Gasteiger partial charge in [0.05, 0.1) is 0 Å². The molecule has 1 aliphatic heterocycles. The van der Waals surface area contributed by atoms with Crippen LogP contribution in [0.5, 0.6) is 0 Å². The zero-order valence-corrected chi connectivity index (χ0v) is 11.9. The summed E-state index contributed by atoms with van der Waals surface area (Å²) in [7, 11) is 0. The van der Waals surface area contributed by atoms with E-state index in [1.54, 1.807) is 6.33 Å². The van der Waals surface area contributed by atoms with Crippen LogP contribution in [0, 0.1) is 0 Å². The molecule has 2 N–H and O–H groups in total. The highest BCUT2D eigenvalue weighted by Crippen LogP contribution is 2.08. The molecule has 1 aromatic heterocycles. The maximum atomic E-state index is 5.57. The second-order valence-corrected chi connectivity index (χ2v) is 4.78. The summed E-state index contributed by atoms with van der Waals surface area (Å²) < 4.78 is 11.1. The molecule has 6 nitrogen and oxygen atoms in total. The van der Waals surface area contributed by atoms with Gasteiger partial charge in [0.2, 0.25) is 0 Å². The number of hydrogen-bond donors (Lipinski definition) is 2. The molecule has 0 amide bonds. The Bertz CT molecular complexity index is 345. The predicted octanol–water partition coefficient (Wildman–Crippen LogP) is 1.91.